The number of nitrogens with two attached hydrogens (primary N) is 1. The first-order chi connectivity index (χ1) is 10.1. The molecule has 0 spiro atoms. The summed E-state index contributed by atoms with van der Waals surface area (Å²) < 4.78 is 0. The molecule has 4 heteroatoms. The van der Waals surface area contributed by atoms with Gasteiger partial charge in [0.2, 0.25) is 0 Å². The highest BCUT2D eigenvalue weighted by Crippen LogP contribution is 2.19. The predicted octanol–water partition coefficient (Wildman–Crippen LogP) is 1.59. The lowest BCUT2D eigenvalue weighted by molar-refractivity contribution is 0.109. The van der Waals surface area contributed by atoms with E-state index in [-0.39, 0.29) is 0 Å². The Labute approximate surface area is 128 Å². The molecule has 1 fully saturated rings. The first kappa shape index (κ1) is 16.4. The molecular weight excluding hydrogens is 262 g/mol. The van der Waals surface area contributed by atoms with Gasteiger partial charge in [-0.2, -0.15) is 0 Å². The molecule has 2 unspecified atom stereocenters. The molecule has 21 heavy (non-hydrogen) atoms. The Morgan fingerprint density at radius 3 is 2.71 bits per heavy atom. The van der Waals surface area contributed by atoms with Crippen molar-refractivity contribution in [1.82, 2.24) is 9.80 Å². The molecule has 2 rings (SSSR count). The molecule has 1 aliphatic rings. The van der Waals surface area contributed by atoms with Crippen LogP contribution in [0.1, 0.15) is 37.0 Å². The van der Waals surface area contributed by atoms with Gasteiger partial charge in [-0.25, -0.2) is 0 Å². The standard InChI is InChI=1S/C17H29N3O/c1-3-20-10-4-5-16(20)12-19(2)13-17(21)15-8-6-14(11-18)7-9-15/h6-9,16-17,21H,3-5,10-13,18H2,1-2H3. The summed E-state index contributed by atoms with van der Waals surface area (Å²) in [5, 5.41) is 10.4. The van der Waals surface area contributed by atoms with E-state index in [0.29, 0.717) is 19.1 Å². The van der Waals surface area contributed by atoms with Crippen LogP contribution < -0.4 is 5.73 Å². The van der Waals surface area contributed by atoms with Gasteiger partial charge in [-0.3, -0.25) is 4.90 Å². The fourth-order valence-corrected chi connectivity index (χ4v) is 3.23. The van der Waals surface area contributed by atoms with Gasteiger partial charge in [0, 0.05) is 25.7 Å². The molecule has 0 amide bonds. The second-order valence-electron chi connectivity index (χ2n) is 6.11. The van der Waals surface area contributed by atoms with Crippen LogP contribution in [0.5, 0.6) is 0 Å². The highest BCUT2D eigenvalue weighted by atomic mass is 16.3. The lowest BCUT2D eigenvalue weighted by Gasteiger charge is -2.29. The van der Waals surface area contributed by atoms with Crippen molar-refractivity contribution in [3.05, 3.63) is 35.4 Å². The van der Waals surface area contributed by atoms with Crippen LogP contribution in [0, 0.1) is 0 Å². The monoisotopic (exact) mass is 291 g/mol. The van der Waals surface area contributed by atoms with Gasteiger partial charge >= 0.3 is 0 Å². The number of hydrogen-bond acceptors (Lipinski definition) is 4. The van der Waals surface area contributed by atoms with Crippen LogP contribution in [-0.2, 0) is 6.54 Å². The van der Waals surface area contributed by atoms with Crippen molar-refractivity contribution in [2.24, 2.45) is 5.73 Å². The van der Waals surface area contributed by atoms with E-state index in [1.165, 1.54) is 19.4 Å². The molecule has 0 aromatic heterocycles. The Morgan fingerprint density at radius 2 is 2.10 bits per heavy atom. The quantitative estimate of drug-likeness (QED) is 0.801. The molecule has 0 radical (unpaired) electrons. The highest BCUT2D eigenvalue weighted by Gasteiger charge is 2.24. The van der Waals surface area contributed by atoms with E-state index in [0.717, 1.165) is 24.2 Å². The first-order valence-electron chi connectivity index (χ1n) is 8.03. The third kappa shape index (κ3) is 4.51. The third-order valence-electron chi connectivity index (χ3n) is 4.51. The Kier molecular flexibility index (Phi) is 6.18. The van der Waals surface area contributed by atoms with E-state index < -0.39 is 6.10 Å². The summed E-state index contributed by atoms with van der Waals surface area (Å²) >= 11 is 0. The SMILES string of the molecule is CCN1CCCC1CN(C)CC(O)c1ccc(CN)cc1. The molecule has 4 nitrogen and oxygen atoms in total. The lowest BCUT2D eigenvalue weighted by Crippen LogP contribution is -2.40. The van der Waals surface area contributed by atoms with E-state index in [4.69, 9.17) is 5.73 Å². The predicted molar refractivity (Wildman–Crippen MR) is 87.1 cm³/mol. The summed E-state index contributed by atoms with van der Waals surface area (Å²) in [5.41, 5.74) is 7.67. The van der Waals surface area contributed by atoms with E-state index in [1.54, 1.807) is 0 Å². The minimum atomic E-state index is -0.432. The van der Waals surface area contributed by atoms with Crippen LogP contribution in [0.2, 0.25) is 0 Å². The number of rotatable bonds is 7. The van der Waals surface area contributed by atoms with Crippen molar-refractivity contribution >= 4 is 0 Å². The lowest BCUT2D eigenvalue weighted by atomic mass is 10.1. The smallest absolute Gasteiger partial charge is 0.0916 e. The maximum absolute atomic E-state index is 10.4. The molecule has 1 saturated heterocycles. The second kappa shape index (κ2) is 7.90. The summed E-state index contributed by atoms with van der Waals surface area (Å²) in [7, 11) is 2.10. The Morgan fingerprint density at radius 1 is 1.38 bits per heavy atom. The zero-order chi connectivity index (χ0) is 15.2. The van der Waals surface area contributed by atoms with Crippen molar-refractivity contribution in [1.29, 1.82) is 0 Å². The number of hydrogen-bond donors (Lipinski definition) is 2. The van der Waals surface area contributed by atoms with Crippen molar-refractivity contribution in [2.75, 3.05) is 33.2 Å². The maximum Gasteiger partial charge on any atom is 0.0916 e. The molecule has 1 aromatic rings. The fourth-order valence-electron chi connectivity index (χ4n) is 3.23. The first-order valence-corrected chi connectivity index (χ1v) is 8.03. The highest BCUT2D eigenvalue weighted by molar-refractivity contribution is 5.24. The van der Waals surface area contributed by atoms with Crippen LogP contribution in [0.25, 0.3) is 0 Å². The van der Waals surface area contributed by atoms with Gasteiger partial charge in [0.25, 0.3) is 0 Å². The van der Waals surface area contributed by atoms with Crippen LogP contribution in [0.4, 0.5) is 0 Å². The molecule has 0 bridgehead atoms. The largest absolute Gasteiger partial charge is 0.387 e. The fraction of sp³-hybridized carbons (Fsp3) is 0.647. The zero-order valence-electron chi connectivity index (χ0n) is 13.3. The summed E-state index contributed by atoms with van der Waals surface area (Å²) in [5.74, 6) is 0. The molecule has 118 valence electrons. The van der Waals surface area contributed by atoms with Crippen molar-refractivity contribution in [3.63, 3.8) is 0 Å². The number of benzene rings is 1. The molecule has 1 aromatic carbocycles. The average molecular weight is 291 g/mol. The van der Waals surface area contributed by atoms with E-state index >= 15 is 0 Å². The topological polar surface area (TPSA) is 52.7 Å². The summed E-state index contributed by atoms with van der Waals surface area (Å²) in [4.78, 5) is 4.79. The van der Waals surface area contributed by atoms with Crippen LogP contribution >= 0.6 is 0 Å². The van der Waals surface area contributed by atoms with Crippen LogP contribution in [0.15, 0.2) is 24.3 Å². The van der Waals surface area contributed by atoms with Crippen LogP contribution in [-0.4, -0.2) is 54.2 Å². The van der Waals surface area contributed by atoms with Gasteiger partial charge < -0.3 is 15.7 Å². The maximum atomic E-state index is 10.4. The average Bonchev–Trinajstić information content (AvgIpc) is 2.94. The van der Waals surface area contributed by atoms with Crippen LogP contribution in [0.3, 0.4) is 0 Å². The van der Waals surface area contributed by atoms with Crippen molar-refractivity contribution in [3.8, 4) is 0 Å². The number of nitrogens with zero attached hydrogens (tertiary/aromatic N) is 2. The summed E-state index contributed by atoms with van der Waals surface area (Å²) in [6.07, 6.45) is 2.15. The van der Waals surface area contributed by atoms with Gasteiger partial charge in [-0.05, 0) is 44.1 Å². The minimum absolute atomic E-state index is 0.432. The van der Waals surface area contributed by atoms with Gasteiger partial charge in [-0.15, -0.1) is 0 Å². The van der Waals surface area contributed by atoms with Gasteiger partial charge in [0.05, 0.1) is 6.10 Å². The van der Waals surface area contributed by atoms with Crippen molar-refractivity contribution in [2.45, 2.75) is 38.5 Å². The van der Waals surface area contributed by atoms with Gasteiger partial charge in [-0.1, -0.05) is 31.2 Å². The Balaban J connectivity index is 1.84. The molecule has 1 aliphatic heterocycles. The molecule has 1 heterocycles. The zero-order valence-corrected chi connectivity index (χ0v) is 13.3. The summed E-state index contributed by atoms with van der Waals surface area (Å²) in [6.45, 7) is 6.83. The molecule has 0 aliphatic carbocycles. The summed E-state index contributed by atoms with van der Waals surface area (Å²) in [6, 6.07) is 8.60. The molecule has 0 saturated carbocycles. The number of aliphatic hydroxyl groups is 1. The second-order valence-corrected chi connectivity index (χ2v) is 6.11. The Hall–Kier alpha value is -0.940. The molecular formula is C17H29N3O. The molecule has 3 N–H and O–H groups in total. The normalized spacial score (nSPS) is 21.1. The van der Waals surface area contributed by atoms with E-state index in [9.17, 15) is 5.11 Å². The van der Waals surface area contributed by atoms with Gasteiger partial charge in [0.1, 0.15) is 0 Å². The number of aliphatic hydroxyl groups excluding tert-OH is 1. The molecule has 2 atom stereocenters. The number of likely N-dealkylation sites (tertiary alicyclic amines) is 1. The van der Waals surface area contributed by atoms with Crippen molar-refractivity contribution < 1.29 is 5.11 Å². The van der Waals surface area contributed by atoms with E-state index in [2.05, 4.69) is 23.8 Å². The third-order valence-corrected chi connectivity index (χ3v) is 4.51. The Bertz CT molecular complexity index is 421. The number of likely N-dealkylation sites (N-methyl/N-ethyl adjacent to an activating group) is 2. The van der Waals surface area contributed by atoms with Gasteiger partial charge in [0.15, 0.2) is 0 Å². The van der Waals surface area contributed by atoms with E-state index in [1.807, 2.05) is 24.3 Å². The minimum Gasteiger partial charge on any atom is -0.387 e.